The summed E-state index contributed by atoms with van der Waals surface area (Å²) in [4.78, 5) is 9.50. The second kappa shape index (κ2) is 8.54. The van der Waals surface area contributed by atoms with Gasteiger partial charge in [-0.15, -0.1) is 0 Å². The first kappa shape index (κ1) is 18.6. The van der Waals surface area contributed by atoms with Gasteiger partial charge in [0.15, 0.2) is 11.8 Å². The van der Waals surface area contributed by atoms with Crippen LogP contribution < -0.4 is 0 Å². The number of ether oxygens (including phenoxy) is 2. The molecule has 0 amide bonds. The summed E-state index contributed by atoms with van der Waals surface area (Å²) >= 11 is 0. The van der Waals surface area contributed by atoms with E-state index in [0.29, 0.717) is 13.2 Å². The van der Waals surface area contributed by atoms with Crippen molar-refractivity contribution in [2.24, 2.45) is 9.98 Å². The Labute approximate surface area is 176 Å². The molecule has 0 unspecified atom stereocenters. The summed E-state index contributed by atoms with van der Waals surface area (Å²) in [6.45, 7) is 1.24. The zero-order valence-corrected chi connectivity index (χ0v) is 16.8. The molecule has 0 fully saturated rings. The number of rotatable bonds is 6. The zero-order chi connectivity index (χ0) is 20.2. The van der Waals surface area contributed by atoms with E-state index in [0.717, 1.165) is 24.6 Å². The van der Waals surface area contributed by atoms with Crippen molar-refractivity contribution in [1.29, 1.82) is 0 Å². The maximum atomic E-state index is 5.83. The molecular formula is C26H24N2O2. The average Bonchev–Trinajstić information content (AvgIpc) is 3.46. The molecule has 150 valence electrons. The maximum absolute atomic E-state index is 5.83. The fraction of sp³-hybridized carbons (Fsp3) is 0.231. The van der Waals surface area contributed by atoms with Crippen molar-refractivity contribution in [3.05, 3.63) is 107 Å². The summed E-state index contributed by atoms with van der Waals surface area (Å²) in [7, 11) is 0. The average molecular weight is 396 g/mol. The molecule has 5 rings (SSSR count). The number of aliphatic imine (C=N–C) groups is 2. The largest absolute Gasteiger partial charge is 0.478 e. The van der Waals surface area contributed by atoms with Gasteiger partial charge in [-0.3, -0.25) is 0 Å². The van der Waals surface area contributed by atoms with E-state index in [1.54, 1.807) is 0 Å². The summed E-state index contributed by atoms with van der Waals surface area (Å²) in [5.41, 5.74) is 4.80. The summed E-state index contributed by atoms with van der Waals surface area (Å²) in [6.07, 6.45) is 1.44. The summed E-state index contributed by atoms with van der Waals surface area (Å²) < 4.78 is 11.7. The third-order valence-electron chi connectivity index (χ3n) is 5.52. The summed E-state index contributed by atoms with van der Waals surface area (Å²) in [6, 6.07) is 29.4. The lowest BCUT2D eigenvalue weighted by Gasteiger charge is -2.05. The first-order valence-electron chi connectivity index (χ1n) is 10.4. The molecule has 3 aromatic carbocycles. The molecule has 0 bridgehead atoms. The van der Waals surface area contributed by atoms with Crippen LogP contribution >= 0.6 is 0 Å². The minimum Gasteiger partial charge on any atom is -0.478 e. The van der Waals surface area contributed by atoms with Gasteiger partial charge in [-0.25, -0.2) is 9.98 Å². The van der Waals surface area contributed by atoms with Crippen LogP contribution in [-0.2, 0) is 22.3 Å². The molecule has 0 aromatic heterocycles. The second-order valence-corrected chi connectivity index (χ2v) is 7.69. The quantitative estimate of drug-likeness (QED) is 0.581. The van der Waals surface area contributed by atoms with Crippen molar-refractivity contribution in [1.82, 2.24) is 0 Å². The first-order valence-corrected chi connectivity index (χ1v) is 10.4. The third-order valence-corrected chi connectivity index (χ3v) is 5.52. The Kier molecular flexibility index (Phi) is 5.30. The Morgan fingerprint density at radius 2 is 0.967 bits per heavy atom. The summed E-state index contributed by atoms with van der Waals surface area (Å²) in [5, 5.41) is 0. The van der Waals surface area contributed by atoms with Crippen molar-refractivity contribution in [3.63, 3.8) is 0 Å². The second-order valence-electron chi connectivity index (χ2n) is 7.69. The van der Waals surface area contributed by atoms with Crippen molar-refractivity contribution < 1.29 is 9.47 Å². The van der Waals surface area contributed by atoms with Crippen LogP contribution in [0.4, 0.5) is 0 Å². The maximum Gasteiger partial charge on any atom is 0.188 e. The van der Waals surface area contributed by atoms with Gasteiger partial charge in [-0.1, -0.05) is 84.9 Å². The lowest BCUT2D eigenvalue weighted by molar-refractivity contribution is 0.313. The monoisotopic (exact) mass is 396 g/mol. The number of hydrogen-bond donors (Lipinski definition) is 0. The lowest BCUT2D eigenvalue weighted by Crippen LogP contribution is -2.05. The minimum atomic E-state index is 0.107. The van der Waals surface area contributed by atoms with E-state index in [-0.39, 0.29) is 12.1 Å². The van der Waals surface area contributed by atoms with Crippen molar-refractivity contribution in [3.8, 4) is 0 Å². The summed E-state index contributed by atoms with van der Waals surface area (Å²) in [5.74, 6) is 1.62. The highest BCUT2D eigenvalue weighted by Gasteiger charge is 2.21. The predicted octanol–water partition coefficient (Wildman–Crippen LogP) is 5.11. The zero-order valence-electron chi connectivity index (χ0n) is 16.8. The molecule has 3 aromatic rings. The number of hydrogen-bond acceptors (Lipinski definition) is 4. The molecule has 0 N–H and O–H groups in total. The number of nitrogens with zero attached hydrogens (tertiary/aromatic N) is 2. The third kappa shape index (κ3) is 4.28. The SMILES string of the molecule is c1ccc([C@H]2COC(Cc3ccc(CC4=N[C@@H](c5ccccc5)CO4)cc3)=N2)cc1. The van der Waals surface area contributed by atoms with Gasteiger partial charge < -0.3 is 9.47 Å². The highest BCUT2D eigenvalue weighted by molar-refractivity contribution is 5.81. The highest BCUT2D eigenvalue weighted by atomic mass is 16.5. The first-order chi connectivity index (χ1) is 14.8. The standard InChI is InChI=1S/C26H24N2O2/c1-3-7-21(8-4-1)23-17-29-25(27-23)15-19-11-13-20(14-12-19)16-26-28-24(18-30-26)22-9-5-2-6-10-22/h1-14,23-24H,15-18H2/t23-,24-/m1/s1. The smallest absolute Gasteiger partial charge is 0.188 e. The van der Waals surface area contributed by atoms with Crippen LogP contribution in [0.25, 0.3) is 0 Å². The Morgan fingerprint density at radius 1 is 0.567 bits per heavy atom. The Bertz CT molecular complexity index is 957. The van der Waals surface area contributed by atoms with Crippen LogP contribution in [0.3, 0.4) is 0 Å². The van der Waals surface area contributed by atoms with Crippen LogP contribution in [0, 0.1) is 0 Å². The van der Waals surface area contributed by atoms with Gasteiger partial charge in [-0.2, -0.15) is 0 Å². The molecule has 4 heteroatoms. The van der Waals surface area contributed by atoms with E-state index in [2.05, 4.69) is 48.5 Å². The van der Waals surface area contributed by atoms with E-state index in [4.69, 9.17) is 19.5 Å². The molecule has 2 aliphatic heterocycles. The van der Waals surface area contributed by atoms with Gasteiger partial charge in [0.05, 0.1) is 0 Å². The van der Waals surface area contributed by atoms with E-state index in [9.17, 15) is 0 Å². The van der Waals surface area contributed by atoms with Crippen molar-refractivity contribution in [2.75, 3.05) is 13.2 Å². The molecule has 2 heterocycles. The molecule has 2 atom stereocenters. The van der Waals surface area contributed by atoms with Crippen LogP contribution in [0.2, 0.25) is 0 Å². The predicted molar refractivity (Wildman–Crippen MR) is 119 cm³/mol. The van der Waals surface area contributed by atoms with Crippen LogP contribution in [0.15, 0.2) is 94.9 Å². The molecule has 2 aliphatic rings. The van der Waals surface area contributed by atoms with Crippen molar-refractivity contribution in [2.45, 2.75) is 24.9 Å². The molecule has 0 saturated heterocycles. The molecule has 0 aliphatic carbocycles. The van der Waals surface area contributed by atoms with Crippen molar-refractivity contribution >= 4 is 11.8 Å². The molecule has 4 nitrogen and oxygen atoms in total. The van der Waals surface area contributed by atoms with E-state index >= 15 is 0 Å². The lowest BCUT2D eigenvalue weighted by atomic mass is 10.1. The Balaban J connectivity index is 1.19. The molecule has 0 spiro atoms. The molecule has 30 heavy (non-hydrogen) atoms. The fourth-order valence-electron chi connectivity index (χ4n) is 3.86. The number of benzene rings is 3. The topological polar surface area (TPSA) is 43.2 Å². The van der Waals surface area contributed by atoms with Gasteiger partial charge in [0.25, 0.3) is 0 Å². The normalized spacial score (nSPS) is 20.3. The van der Waals surface area contributed by atoms with E-state index in [1.807, 2.05) is 36.4 Å². The highest BCUT2D eigenvalue weighted by Crippen LogP contribution is 2.25. The Hall–Kier alpha value is -3.40. The molecular weight excluding hydrogens is 372 g/mol. The molecule has 0 saturated carbocycles. The fourth-order valence-corrected chi connectivity index (χ4v) is 3.86. The van der Waals surface area contributed by atoms with Crippen LogP contribution in [0.5, 0.6) is 0 Å². The van der Waals surface area contributed by atoms with Gasteiger partial charge in [0.2, 0.25) is 0 Å². The van der Waals surface area contributed by atoms with E-state index in [1.165, 1.54) is 22.3 Å². The van der Waals surface area contributed by atoms with Gasteiger partial charge in [0.1, 0.15) is 25.3 Å². The van der Waals surface area contributed by atoms with Gasteiger partial charge in [0, 0.05) is 12.8 Å². The van der Waals surface area contributed by atoms with Gasteiger partial charge >= 0.3 is 0 Å². The Morgan fingerprint density at radius 3 is 1.37 bits per heavy atom. The van der Waals surface area contributed by atoms with Crippen LogP contribution in [0.1, 0.15) is 34.3 Å². The minimum absolute atomic E-state index is 0.107. The van der Waals surface area contributed by atoms with Crippen LogP contribution in [-0.4, -0.2) is 25.0 Å². The van der Waals surface area contributed by atoms with Gasteiger partial charge in [-0.05, 0) is 22.3 Å². The van der Waals surface area contributed by atoms with E-state index < -0.39 is 0 Å². The molecule has 0 radical (unpaired) electrons.